The lowest BCUT2D eigenvalue weighted by Gasteiger charge is -2.32. The van der Waals surface area contributed by atoms with Gasteiger partial charge in [0, 0.05) is 25.6 Å². The Kier molecular flexibility index (Phi) is 3.90. The van der Waals surface area contributed by atoms with Gasteiger partial charge in [0.15, 0.2) is 0 Å². The van der Waals surface area contributed by atoms with Crippen molar-refractivity contribution >= 4 is 11.8 Å². The van der Waals surface area contributed by atoms with Crippen molar-refractivity contribution in [2.45, 2.75) is 44.7 Å². The summed E-state index contributed by atoms with van der Waals surface area (Å²) < 4.78 is 0. The van der Waals surface area contributed by atoms with Crippen LogP contribution in [-0.4, -0.2) is 42.4 Å². The lowest BCUT2D eigenvalue weighted by atomic mass is 9.77. The number of nitrogens with two attached hydrogens (primary N) is 1. The van der Waals surface area contributed by atoms with E-state index in [-0.39, 0.29) is 29.8 Å². The summed E-state index contributed by atoms with van der Waals surface area (Å²) in [5, 5.41) is 2.89. The number of carbonyl (C=O) groups is 2. The summed E-state index contributed by atoms with van der Waals surface area (Å²) in [5.41, 5.74) is 5.93. The fourth-order valence-electron chi connectivity index (χ4n) is 2.96. The molecule has 1 aliphatic carbocycles. The van der Waals surface area contributed by atoms with Crippen LogP contribution in [0, 0.1) is 11.8 Å². The first kappa shape index (κ1) is 13.3. The second-order valence-corrected chi connectivity index (χ2v) is 5.77. The van der Waals surface area contributed by atoms with Gasteiger partial charge in [-0.15, -0.1) is 0 Å². The Morgan fingerprint density at radius 3 is 2.72 bits per heavy atom. The van der Waals surface area contributed by atoms with Crippen molar-refractivity contribution in [2.24, 2.45) is 17.6 Å². The average Bonchev–Trinajstić information content (AvgIpc) is 2.64. The summed E-state index contributed by atoms with van der Waals surface area (Å²) in [6.45, 7) is 2.82. The number of hydrogen-bond donors (Lipinski definition) is 2. The van der Waals surface area contributed by atoms with Gasteiger partial charge in [-0.2, -0.15) is 0 Å². The van der Waals surface area contributed by atoms with Crippen molar-refractivity contribution in [3.8, 4) is 0 Å². The molecule has 1 saturated carbocycles. The molecule has 102 valence electrons. The van der Waals surface area contributed by atoms with E-state index in [0.29, 0.717) is 12.3 Å². The predicted molar refractivity (Wildman–Crippen MR) is 68.7 cm³/mol. The Labute approximate surface area is 108 Å². The Morgan fingerprint density at radius 2 is 2.11 bits per heavy atom. The van der Waals surface area contributed by atoms with E-state index in [1.807, 2.05) is 0 Å². The molecule has 0 aromatic carbocycles. The zero-order valence-electron chi connectivity index (χ0n) is 11.2. The maximum Gasteiger partial charge on any atom is 0.244 e. The van der Waals surface area contributed by atoms with E-state index in [4.69, 9.17) is 5.73 Å². The quantitative estimate of drug-likeness (QED) is 0.732. The molecule has 0 radical (unpaired) electrons. The van der Waals surface area contributed by atoms with Crippen molar-refractivity contribution in [1.29, 1.82) is 0 Å². The highest BCUT2D eigenvalue weighted by Crippen LogP contribution is 2.29. The van der Waals surface area contributed by atoms with Crippen molar-refractivity contribution in [3.05, 3.63) is 0 Å². The first-order valence-corrected chi connectivity index (χ1v) is 6.80. The summed E-state index contributed by atoms with van der Waals surface area (Å²) in [7, 11) is 1.77. The average molecular weight is 253 g/mol. The number of rotatable bonds is 2. The van der Waals surface area contributed by atoms with Crippen molar-refractivity contribution in [1.82, 2.24) is 10.2 Å². The molecule has 1 saturated heterocycles. The third-order valence-corrected chi connectivity index (χ3v) is 4.32. The molecule has 2 rings (SSSR count). The molecule has 4 unspecified atom stereocenters. The van der Waals surface area contributed by atoms with Crippen LogP contribution in [0.3, 0.4) is 0 Å². The SMILES string of the molecule is CC1CCC(N)CC1C(=O)NC1CCN(C)C1=O. The van der Waals surface area contributed by atoms with E-state index in [2.05, 4.69) is 12.2 Å². The summed E-state index contributed by atoms with van der Waals surface area (Å²) in [5.74, 6) is 0.355. The van der Waals surface area contributed by atoms with E-state index < -0.39 is 0 Å². The fraction of sp³-hybridized carbons (Fsp3) is 0.846. The third-order valence-electron chi connectivity index (χ3n) is 4.32. The summed E-state index contributed by atoms with van der Waals surface area (Å²) in [4.78, 5) is 25.6. The van der Waals surface area contributed by atoms with Gasteiger partial charge >= 0.3 is 0 Å². The minimum atomic E-state index is -0.326. The molecule has 0 aromatic heterocycles. The van der Waals surface area contributed by atoms with E-state index in [1.54, 1.807) is 11.9 Å². The third kappa shape index (κ3) is 2.66. The van der Waals surface area contributed by atoms with Crippen LogP contribution in [0.5, 0.6) is 0 Å². The topological polar surface area (TPSA) is 75.4 Å². The summed E-state index contributed by atoms with van der Waals surface area (Å²) in [6.07, 6.45) is 3.45. The number of hydrogen-bond acceptors (Lipinski definition) is 3. The van der Waals surface area contributed by atoms with Gasteiger partial charge in [0.1, 0.15) is 6.04 Å². The van der Waals surface area contributed by atoms with Crippen LogP contribution in [0.2, 0.25) is 0 Å². The monoisotopic (exact) mass is 253 g/mol. The van der Waals surface area contributed by atoms with Gasteiger partial charge in [-0.3, -0.25) is 9.59 Å². The Bertz CT molecular complexity index is 345. The number of nitrogens with one attached hydrogen (secondary N) is 1. The van der Waals surface area contributed by atoms with Crippen LogP contribution < -0.4 is 11.1 Å². The number of nitrogens with zero attached hydrogens (tertiary/aromatic N) is 1. The fourth-order valence-corrected chi connectivity index (χ4v) is 2.96. The molecule has 0 aromatic rings. The molecule has 4 atom stereocenters. The van der Waals surface area contributed by atoms with E-state index >= 15 is 0 Å². The zero-order valence-corrected chi connectivity index (χ0v) is 11.2. The van der Waals surface area contributed by atoms with Gasteiger partial charge in [-0.1, -0.05) is 6.92 Å². The van der Waals surface area contributed by atoms with E-state index in [0.717, 1.165) is 25.8 Å². The second-order valence-electron chi connectivity index (χ2n) is 5.77. The standard InChI is InChI=1S/C13H23N3O2/c1-8-3-4-9(14)7-10(8)12(17)15-11-5-6-16(2)13(11)18/h8-11H,3-7,14H2,1-2H3,(H,15,17). The molecule has 2 amide bonds. The molecule has 1 heterocycles. The Hall–Kier alpha value is -1.10. The molecule has 18 heavy (non-hydrogen) atoms. The van der Waals surface area contributed by atoms with E-state index in [1.165, 1.54) is 0 Å². The van der Waals surface area contributed by atoms with Gasteiger partial charge in [0.05, 0.1) is 0 Å². The summed E-state index contributed by atoms with van der Waals surface area (Å²) in [6, 6.07) is -0.202. The number of amides is 2. The van der Waals surface area contributed by atoms with Crippen LogP contribution in [0.4, 0.5) is 0 Å². The van der Waals surface area contributed by atoms with Crippen molar-refractivity contribution in [3.63, 3.8) is 0 Å². The molecule has 2 aliphatic rings. The summed E-state index contributed by atoms with van der Waals surface area (Å²) >= 11 is 0. The van der Waals surface area contributed by atoms with Crippen molar-refractivity contribution < 1.29 is 9.59 Å². The Morgan fingerprint density at radius 1 is 1.39 bits per heavy atom. The first-order chi connectivity index (χ1) is 8.49. The van der Waals surface area contributed by atoms with Gasteiger partial charge in [-0.25, -0.2) is 0 Å². The van der Waals surface area contributed by atoms with Crippen LogP contribution in [0.25, 0.3) is 0 Å². The molecule has 0 spiro atoms. The zero-order chi connectivity index (χ0) is 13.3. The lowest BCUT2D eigenvalue weighted by Crippen LogP contribution is -2.47. The normalized spacial score (nSPS) is 36.8. The highest BCUT2D eigenvalue weighted by molar-refractivity contribution is 5.89. The number of carbonyl (C=O) groups excluding carboxylic acids is 2. The first-order valence-electron chi connectivity index (χ1n) is 6.80. The molecule has 3 N–H and O–H groups in total. The minimum Gasteiger partial charge on any atom is -0.344 e. The molecule has 5 nitrogen and oxygen atoms in total. The van der Waals surface area contributed by atoms with Crippen LogP contribution in [-0.2, 0) is 9.59 Å². The van der Waals surface area contributed by atoms with Gasteiger partial charge < -0.3 is 16.0 Å². The van der Waals surface area contributed by atoms with Crippen LogP contribution >= 0.6 is 0 Å². The smallest absolute Gasteiger partial charge is 0.244 e. The number of likely N-dealkylation sites (tertiary alicyclic amines) is 1. The number of likely N-dealkylation sites (N-methyl/N-ethyl adjacent to an activating group) is 1. The molecule has 5 heteroatoms. The predicted octanol–water partition coefficient (Wildman–Crippen LogP) is 0.0968. The lowest BCUT2D eigenvalue weighted by molar-refractivity contribution is -0.134. The van der Waals surface area contributed by atoms with Gasteiger partial charge in [-0.05, 0) is 31.6 Å². The van der Waals surface area contributed by atoms with Crippen molar-refractivity contribution in [2.75, 3.05) is 13.6 Å². The molecular formula is C13H23N3O2. The maximum absolute atomic E-state index is 12.2. The van der Waals surface area contributed by atoms with E-state index in [9.17, 15) is 9.59 Å². The van der Waals surface area contributed by atoms with Gasteiger partial charge in [0.2, 0.25) is 11.8 Å². The molecular weight excluding hydrogens is 230 g/mol. The molecule has 0 bridgehead atoms. The largest absolute Gasteiger partial charge is 0.344 e. The van der Waals surface area contributed by atoms with Crippen LogP contribution in [0.15, 0.2) is 0 Å². The second kappa shape index (κ2) is 5.26. The van der Waals surface area contributed by atoms with Gasteiger partial charge in [0.25, 0.3) is 0 Å². The maximum atomic E-state index is 12.2. The molecule has 1 aliphatic heterocycles. The highest BCUT2D eigenvalue weighted by Gasteiger charge is 2.35. The highest BCUT2D eigenvalue weighted by atomic mass is 16.2. The minimum absolute atomic E-state index is 0.00583. The molecule has 2 fully saturated rings. The Balaban J connectivity index is 1.93. The van der Waals surface area contributed by atoms with Crippen LogP contribution in [0.1, 0.15) is 32.6 Å².